The van der Waals surface area contributed by atoms with Crippen molar-refractivity contribution in [3.8, 4) is 5.75 Å². The van der Waals surface area contributed by atoms with Gasteiger partial charge in [0.2, 0.25) is 0 Å². The smallest absolute Gasteiger partial charge is 0.320 e. The molecule has 0 radical (unpaired) electrons. The van der Waals surface area contributed by atoms with Crippen LogP contribution < -0.4 is 9.61 Å². The summed E-state index contributed by atoms with van der Waals surface area (Å²) in [4.78, 5) is 11.2. The summed E-state index contributed by atoms with van der Waals surface area (Å²) >= 11 is 0. The van der Waals surface area contributed by atoms with Gasteiger partial charge in [0.05, 0.1) is 19.8 Å². The predicted molar refractivity (Wildman–Crippen MR) is 81.0 cm³/mol. The van der Waals surface area contributed by atoms with E-state index in [0.717, 1.165) is 6.42 Å². The molecule has 21 heavy (non-hydrogen) atoms. The van der Waals surface area contributed by atoms with Gasteiger partial charge in [0.1, 0.15) is 12.3 Å². The number of methoxy groups -OCH3 is 2. The Morgan fingerprint density at radius 1 is 1.29 bits per heavy atom. The van der Waals surface area contributed by atoms with Crippen molar-refractivity contribution in [1.82, 2.24) is 5.09 Å². The van der Waals surface area contributed by atoms with Crippen LogP contribution in [0.15, 0.2) is 30.3 Å². The molecule has 0 saturated heterocycles. The second-order valence-corrected chi connectivity index (χ2v) is 5.41. The van der Waals surface area contributed by atoms with E-state index < -0.39 is 8.53 Å². The van der Waals surface area contributed by atoms with E-state index in [1.54, 1.807) is 7.11 Å². The van der Waals surface area contributed by atoms with Crippen molar-refractivity contribution in [2.24, 2.45) is 0 Å². The molecule has 0 amide bonds. The lowest BCUT2D eigenvalue weighted by atomic mass is 10.3. The quantitative estimate of drug-likeness (QED) is 0.528. The molecule has 0 bridgehead atoms. The first-order valence-electron chi connectivity index (χ1n) is 6.68. The zero-order valence-corrected chi connectivity index (χ0v) is 13.5. The number of hydrogen-bond donors (Lipinski definition) is 1. The van der Waals surface area contributed by atoms with Crippen molar-refractivity contribution in [3.05, 3.63) is 30.3 Å². The van der Waals surface area contributed by atoms with E-state index in [1.165, 1.54) is 7.11 Å². The maximum Gasteiger partial charge on any atom is 0.320 e. The Balaban J connectivity index is 2.54. The molecule has 7 heteroatoms. The molecule has 1 rings (SSSR count). The number of ether oxygens (including phenoxy) is 2. The van der Waals surface area contributed by atoms with Gasteiger partial charge in [-0.3, -0.25) is 4.79 Å². The van der Waals surface area contributed by atoms with Crippen molar-refractivity contribution in [2.45, 2.75) is 19.4 Å². The van der Waals surface area contributed by atoms with Crippen LogP contribution in [0, 0.1) is 0 Å². The van der Waals surface area contributed by atoms with Crippen LogP contribution >= 0.6 is 8.53 Å². The van der Waals surface area contributed by atoms with Crippen molar-refractivity contribution in [2.75, 3.05) is 27.4 Å². The average Bonchev–Trinajstić information content (AvgIpc) is 2.53. The predicted octanol–water partition coefficient (Wildman–Crippen LogP) is 2.50. The highest BCUT2D eigenvalue weighted by Crippen LogP contribution is 2.35. The standard InChI is InChI=1S/C14H22NO5P/c1-4-12(17-2)11-19-21(15-10-14(16)18-3)20-13-8-6-5-7-9-13/h5-9,12,15H,4,10-11H2,1-3H3. The monoisotopic (exact) mass is 315 g/mol. The van der Waals surface area contributed by atoms with Crippen molar-refractivity contribution in [3.63, 3.8) is 0 Å². The van der Waals surface area contributed by atoms with Gasteiger partial charge in [0.25, 0.3) is 0 Å². The molecule has 2 atom stereocenters. The lowest BCUT2D eigenvalue weighted by Crippen LogP contribution is -2.24. The molecule has 0 heterocycles. The maximum absolute atomic E-state index is 11.2. The van der Waals surface area contributed by atoms with E-state index in [0.29, 0.717) is 12.4 Å². The molecule has 1 N–H and O–H groups in total. The summed E-state index contributed by atoms with van der Waals surface area (Å²) in [5.74, 6) is 0.299. The number of nitrogens with one attached hydrogen (secondary N) is 1. The Bertz CT molecular complexity index is 400. The molecular weight excluding hydrogens is 293 g/mol. The highest BCUT2D eigenvalue weighted by atomic mass is 31.2. The number of esters is 1. The SMILES string of the molecule is CCC(COP(NCC(=O)OC)Oc1ccccc1)OC. The van der Waals surface area contributed by atoms with Gasteiger partial charge in [-0.15, -0.1) is 0 Å². The fraction of sp³-hybridized carbons (Fsp3) is 0.500. The fourth-order valence-electron chi connectivity index (χ4n) is 1.39. The van der Waals surface area contributed by atoms with Gasteiger partial charge < -0.3 is 18.5 Å². The topological polar surface area (TPSA) is 66.0 Å². The van der Waals surface area contributed by atoms with Gasteiger partial charge in [-0.2, -0.15) is 0 Å². The first-order chi connectivity index (χ1) is 10.2. The summed E-state index contributed by atoms with van der Waals surface area (Å²) in [7, 11) is 1.53. The van der Waals surface area contributed by atoms with E-state index >= 15 is 0 Å². The number of rotatable bonds is 10. The molecule has 6 nitrogen and oxygen atoms in total. The molecular formula is C14H22NO5P. The normalized spacial score (nSPS) is 13.5. The second kappa shape index (κ2) is 10.5. The van der Waals surface area contributed by atoms with Crippen LogP contribution in [0.2, 0.25) is 0 Å². The molecule has 0 aliphatic heterocycles. The molecule has 1 aromatic carbocycles. The van der Waals surface area contributed by atoms with Crippen molar-refractivity contribution >= 4 is 14.5 Å². The molecule has 0 aromatic heterocycles. The fourth-order valence-corrected chi connectivity index (χ4v) is 2.47. The average molecular weight is 315 g/mol. The molecule has 0 aliphatic rings. The number of benzene rings is 1. The molecule has 2 unspecified atom stereocenters. The lowest BCUT2D eigenvalue weighted by Gasteiger charge is -2.20. The largest absolute Gasteiger partial charge is 0.468 e. The summed E-state index contributed by atoms with van der Waals surface area (Å²) in [5, 5.41) is 2.91. The number of carbonyl (C=O) groups is 1. The second-order valence-electron chi connectivity index (χ2n) is 4.13. The Labute approximate surface area is 126 Å². The highest BCUT2D eigenvalue weighted by molar-refractivity contribution is 7.45. The van der Waals surface area contributed by atoms with Crippen LogP contribution in [0.25, 0.3) is 0 Å². The summed E-state index contributed by atoms with van der Waals surface area (Å²) in [6.45, 7) is 2.43. The van der Waals surface area contributed by atoms with Gasteiger partial charge in [-0.1, -0.05) is 25.1 Å². The zero-order valence-electron chi connectivity index (χ0n) is 12.6. The Hall–Kier alpha value is -1.20. The van der Waals surface area contributed by atoms with Gasteiger partial charge in [-0.25, -0.2) is 5.09 Å². The third-order valence-corrected chi connectivity index (χ3v) is 3.85. The molecule has 0 aliphatic carbocycles. The minimum absolute atomic E-state index is 0.00528. The lowest BCUT2D eigenvalue weighted by molar-refractivity contribution is -0.139. The maximum atomic E-state index is 11.2. The minimum Gasteiger partial charge on any atom is -0.468 e. The van der Waals surface area contributed by atoms with E-state index in [1.807, 2.05) is 37.3 Å². The number of hydrogen-bond acceptors (Lipinski definition) is 6. The van der Waals surface area contributed by atoms with Crippen LogP contribution in [0.4, 0.5) is 0 Å². The van der Waals surface area contributed by atoms with Crippen LogP contribution in [-0.4, -0.2) is 39.4 Å². The third-order valence-electron chi connectivity index (χ3n) is 2.68. The highest BCUT2D eigenvalue weighted by Gasteiger charge is 2.17. The van der Waals surface area contributed by atoms with Gasteiger partial charge in [0, 0.05) is 7.11 Å². The van der Waals surface area contributed by atoms with Crippen LogP contribution in [0.3, 0.4) is 0 Å². The number of carbonyl (C=O) groups excluding carboxylic acids is 1. The first kappa shape index (κ1) is 17.9. The Morgan fingerprint density at radius 2 is 2.00 bits per heavy atom. The van der Waals surface area contributed by atoms with E-state index in [2.05, 4.69) is 9.82 Å². The van der Waals surface area contributed by atoms with E-state index in [-0.39, 0.29) is 18.6 Å². The van der Waals surface area contributed by atoms with Crippen LogP contribution in [0.1, 0.15) is 13.3 Å². The molecule has 0 fully saturated rings. The van der Waals surface area contributed by atoms with Gasteiger partial charge in [-0.05, 0) is 18.6 Å². The van der Waals surface area contributed by atoms with Crippen LogP contribution in [0.5, 0.6) is 5.75 Å². The summed E-state index contributed by atoms with van der Waals surface area (Å²) in [6.07, 6.45) is 0.830. The molecule has 0 saturated carbocycles. The summed E-state index contributed by atoms with van der Waals surface area (Å²) in [6, 6.07) is 9.29. The zero-order chi connectivity index (χ0) is 15.5. The van der Waals surface area contributed by atoms with E-state index in [4.69, 9.17) is 13.8 Å². The first-order valence-corrected chi connectivity index (χ1v) is 7.86. The molecule has 1 aromatic rings. The molecule has 118 valence electrons. The third kappa shape index (κ3) is 7.39. The van der Waals surface area contributed by atoms with Gasteiger partial charge in [0.15, 0.2) is 0 Å². The Morgan fingerprint density at radius 3 is 2.57 bits per heavy atom. The van der Waals surface area contributed by atoms with Crippen molar-refractivity contribution < 1.29 is 23.3 Å². The minimum atomic E-state index is -1.45. The summed E-state index contributed by atoms with van der Waals surface area (Å²) < 4.78 is 21.2. The van der Waals surface area contributed by atoms with E-state index in [9.17, 15) is 4.79 Å². The number of para-hydroxylation sites is 1. The summed E-state index contributed by atoms with van der Waals surface area (Å²) in [5.41, 5.74) is 0. The Kier molecular flexibility index (Phi) is 8.94. The molecule has 0 spiro atoms. The van der Waals surface area contributed by atoms with Crippen molar-refractivity contribution in [1.29, 1.82) is 0 Å². The van der Waals surface area contributed by atoms with Crippen LogP contribution in [-0.2, 0) is 18.8 Å². The van der Waals surface area contributed by atoms with Gasteiger partial charge >= 0.3 is 14.5 Å².